The van der Waals surface area contributed by atoms with Crippen LogP contribution >= 0.6 is 0 Å². The molecule has 1 N–H and O–H groups in total. The first-order valence-electron chi connectivity index (χ1n) is 12.5. The zero-order valence-electron chi connectivity index (χ0n) is 21.0. The van der Waals surface area contributed by atoms with E-state index in [2.05, 4.69) is 57.3 Å². The van der Waals surface area contributed by atoms with Gasteiger partial charge in [0.05, 0.1) is 10.9 Å². The summed E-state index contributed by atoms with van der Waals surface area (Å²) in [7, 11) is -3.67. The Kier molecular flexibility index (Phi) is 7.71. The molecular weight excluding hydrogens is 464 g/mol. The van der Waals surface area contributed by atoms with Crippen LogP contribution in [0.3, 0.4) is 0 Å². The summed E-state index contributed by atoms with van der Waals surface area (Å²) in [6.45, 7) is 10.0. The standard InChI is InChI=1S/C27H36N2O5S/c1-18(2)20-5-7-21(8-6-20)26(19(3)4)28-27(30)22-11-13-29(14-12-22)35(31,32)23-9-10-24-25(17-23)34-16-15-33-24/h5-10,17-19,22,26H,11-16H2,1-4H3,(H,28,30). The van der Waals surface area contributed by atoms with Crippen molar-refractivity contribution in [3.05, 3.63) is 53.6 Å². The molecule has 0 spiro atoms. The maximum absolute atomic E-state index is 13.2. The van der Waals surface area contributed by atoms with E-state index < -0.39 is 10.0 Å². The van der Waals surface area contributed by atoms with Crippen molar-refractivity contribution in [3.63, 3.8) is 0 Å². The summed E-state index contributed by atoms with van der Waals surface area (Å²) in [4.78, 5) is 13.3. The number of piperidine rings is 1. The number of hydrogen-bond acceptors (Lipinski definition) is 5. The molecule has 1 fully saturated rings. The van der Waals surface area contributed by atoms with Crippen molar-refractivity contribution >= 4 is 15.9 Å². The third-order valence-electron chi connectivity index (χ3n) is 6.90. The quantitative estimate of drug-likeness (QED) is 0.605. The van der Waals surface area contributed by atoms with E-state index in [9.17, 15) is 13.2 Å². The molecular formula is C27H36N2O5S. The molecule has 1 unspecified atom stereocenters. The van der Waals surface area contributed by atoms with Gasteiger partial charge in [-0.15, -0.1) is 0 Å². The van der Waals surface area contributed by atoms with Crippen LogP contribution in [-0.4, -0.2) is 44.9 Å². The summed E-state index contributed by atoms with van der Waals surface area (Å²) >= 11 is 0. The van der Waals surface area contributed by atoms with Gasteiger partial charge in [0.15, 0.2) is 11.5 Å². The topological polar surface area (TPSA) is 84.9 Å². The van der Waals surface area contributed by atoms with E-state index in [0.29, 0.717) is 56.6 Å². The molecule has 0 radical (unpaired) electrons. The Morgan fingerprint density at radius 1 is 0.914 bits per heavy atom. The van der Waals surface area contributed by atoms with Gasteiger partial charge >= 0.3 is 0 Å². The number of benzene rings is 2. The van der Waals surface area contributed by atoms with Crippen molar-refractivity contribution in [1.82, 2.24) is 9.62 Å². The van der Waals surface area contributed by atoms with Gasteiger partial charge in [-0.05, 0) is 47.9 Å². The zero-order chi connectivity index (χ0) is 25.2. The molecule has 0 aromatic heterocycles. The highest BCUT2D eigenvalue weighted by atomic mass is 32.2. The van der Waals surface area contributed by atoms with Crippen LogP contribution in [0.25, 0.3) is 0 Å². The Morgan fingerprint density at radius 3 is 2.11 bits per heavy atom. The van der Waals surface area contributed by atoms with Gasteiger partial charge in [0.2, 0.25) is 15.9 Å². The van der Waals surface area contributed by atoms with Crippen molar-refractivity contribution in [1.29, 1.82) is 0 Å². The summed E-state index contributed by atoms with van der Waals surface area (Å²) in [5.41, 5.74) is 2.37. The Morgan fingerprint density at radius 2 is 1.51 bits per heavy atom. The van der Waals surface area contributed by atoms with Crippen LogP contribution in [0.5, 0.6) is 11.5 Å². The lowest BCUT2D eigenvalue weighted by Gasteiger charge is -2.32. The van der Waals surface area contributed by atoms with Crippen LogP contribution in [0.15, 0.2) is 47.4 Å². The summed E-state index contributed by atoms with van der Waals surface area (Å²) in [5, 5.41) is 3.23. The average Bonchev–Trinajstić information content (AvgIpc) is 2.86. The molecule has 2 heterocycles. The molecule has 35 heavy (non-hydrogen) atoms. The van der Waals surface area contributed by atoms with E-state index in [-0.39, 0.29) is 28.7 Å². The van der Waals surface area contributed by atoms with E-state index in [1.807, 2.05) is 0 Å². The van der Waals surface area contributed by atoms with E-state index in [1.165, 1.54) is 15.9 Å². The van der Waals surface area contributed by atoms with Crippen molar-refractivity contribution in [2.45, 2.75) is 57.4 Å². The number of hydrogen-bond donors (Lipinski definition) is 1. The lowest BCUT2D eigenvalue weighted by atomic mass is 9.91. The van der Waals surface area contributed by atoms with Crippen LogP contribution in [0.2, 0.25) is 0 Å². The molecule has 1 amide bonds. The van der Waals surface area contributed by atoms with Crippen LogP contribution in [-0.2, 0) is 14.8 Å². The molecule has 0 saturated carbocycles. The second-order valence-corrected chi connectivity index (χ2v) is 12.0. The summed E-state index contributed by atoms with van der Waals surface area (Å²) in [5.74, 6) is 1.49. The van der Waals surface area contributed by atoms with Gasteiger partial charge in [0, 0.05) is 25.1 Å². The normalized spacial score (nSPS) is 18.0. The lowest BCUT2D eigenvalue weighted by Crippen LogP contribution is -2.44. The number of nitrogens with zero attached hydrogens (tertiary/aromatic N) is 1. The first kappa shape index (κ1) is 25.5. The maximum atomic E-state index is 13.2. The number of sulfonamides is 1. The lowest BCUT2D eigenvalue weighted by molar-refractivity contribution is -0.127. The maximum Gasteiger partial charge on any atom is 0.243 e. The monoisotopic (exact) mass is 500 g/mol. The van der Waals surface area contributed by atoms with Gasteiger partial charge in [-0.25, -0.2) is 8.42 Å². The predicted molar refractivity (Wildman–Crippen MR) is 135 cm³/mol. The number of nitrogens with one attached hydrogen (secondary N) is 1. The van der Waals surface area contributed by atoms with Gasteiger partial charge in [0.1, 0.15) is 13.2 Å². The largest absolute Gasteiger partial charge is 0.486 e. The molecule has 8 heteroatoms. The van der Waals surface area contributed by atoms with E-state index in [4.69, 9.17) is 9.47 Å². The minimum atomic E-state index is -3.67. The molecule has 1 saturated heterocycles. The van der Waals surface area contributed by atoms with Crippen molar-refractivity contribution in [3.8, 4) is 11.5 Å². The van der Waals surface area contributed by atoms with E-state index >= 15 is 0 Å². The first-order valence-corrected chi connectivity index (χ1v) is 13.9. The number of ether oxygens (including phenoxy) is 2. The van der Waals surface area contributed by atoms with Crippen molar-refractivity contribution in [2.75, 3.05) is 26.3 Å². The minimum Gasteiger partial charge on any atom is -0.486 e. The summed E-state index contributed by atoms with van der Waals surface area (Å²) in [6, 6.07) is 13.1. The number of amides is 1. The molecule has 2 aliphatic heterocycles. The van der Waals surface area contributed by atoms with Crippen molar-refractivity contribution < 1.29 is 22.7 Å². The molecule has 190 valence electrons. The molecule has 2 aromatic carbocycles. The SMILES string of the molecule is CC(C)c1ccc(C(NC(=O)C2CCN(S(=O)(=O)c3ccc4c(c3)OCCO4)CC2)C(C)C)cc1. The second-order valence-electron chi connectivity index (χ2n) is 10.0. The summed E-state index contributed by atoms with van der Waals surface area (Å²) in [6.07, 6.45) is 0.986. The molecule has 4 rings (SSSR count). The van der Waals surface area contributed by atoms with Gasteiger partial charge in [-0.2, -0.15) is 4.31 Å². The fourth-order valence-electron chi connectivity index (χ4n) is 4.69. The Hall–Kier alpha value is -2.58. The smallest absolute Gasteiger partial charge is 0.243 e. The van der Waals surface area contributed by atoms with E-state index in [0.717, 1.165) is 5.56 Å². The van der Waals surface area contributed by atoms with Gasteiger partial charge in [0.25, 0.3) is 0 Å². The first-order chi connectivity index (χ1) is 16.7. The third-order valence-corrected chi connectivity index (χ3v) is 8.80. The Labute approximate surface area is 208 Å². The van der Waals surface area contributed by atoms with Crippen LogP contribution < -0.4 is 14.8 Å². The Bertz CT molecular complexity index is 1140. The molecule has 2 aromatic rings. The number of fused-ring (bicyclic) bond motifs is 1. The predicted octanol–water partition coefficient (Wildman–Crippen LogP) is 4.50. The minimum absolute atomic E-state index is 0.00647. The highest BCUT2D eigenvalue weighted by Crippen LogP contribution is 2.34. The van der Waals surface area contributed by atoms with Crippen LogP contribution in [0, 0.1) is 11.8 Å². The molecule has 7 nitrogen and oxygen atoms in total. The number of rotatable bonds is 7. The van der Waals surface area contributed by atoms with Gasteiger partial charge in [-0.1, -0.05) is 52.0 Å². The molecule has 0 aliphatic carbocycles. The molecule has 1 atom stereocenters. The second kappa shape index (κ2) is 10.6. The number of carbonyl (C=O) groups excluding carboxylic acids is 1. The summed E-state index contributed by atoms with van der Waals surface area (Å²) < 4.78 is 38.9. The van der Waals surface area contributed by atoms with E-state index in [1.54, 1.807) is 12.1 Å². The highest BCUT2D eigenvalue weighted by molar-refractivity contribution is 7.89. The molecule has 2 aliphatic rings. The van der Waals surface area contributed by atoms with Crippen molar-refractivity contribution in [2.24, 2.45) is 11.8 Å². The van der Waals surface area contributed by atoms with Crippen LogP contribution in [0.4, 0.5) is 0 Å². The third kappa shape index (κ3) is 5.64. The number of carbonyl (C=O) groups is 1. The molecule has 0 bridgehead atoms. The van der Waals surface area contributed by atoms with Gasteiger partial charge < -0.3 is 14.8 Å². The highest BCUT2D eigenvalue weighted by Gasteiger charge is 2.34. The zero-order valence-corrected chi connectivity index (χ0v) is 21.8. The fourth-order valence-corrected chi connectivity index (χ4v) is 6.17. The van der Waals surface area contributed by atoms with Crippen LogP contribution in [0.1, 0.15) is 63.6 Å². The average molecular weight is 501 g/mol. The Balaban J connectivity index is 1.38. The van der Waals surface area contributed by atoms with Gasteiger partial charge in [-0.3, -0.25) is 4.79 Å². The fraction of sp³-hybridized carbons (Fsp3) is 0.519.